The summed E-state index contributed by atoms with van der Waals surface area (Å²) in [6, 6.07) is 3.42. The van der Waals surface area contributed by atoms with Crippen molar-refractivity contribution in [2.75, 3.05) is 24.7 Å². The van der Waals surface area contributed by atoms with Crippen molar-refractivity contribution in [3.05, 3.63) is 17.7 Å². The Morgan fingerprint density at radius 2 is 2.00 bits per heavy atom. The number of rotatable bonds is 3. The number of benzene rings is 1. The van der Waals surface area contributed by atoms with Crippen LogP contribution in [-0.2, 0) is 0 Å². The van der Waals surface area contributed by atoms with Gasteiger partial charge in [-0.15, -0.1) is 0 Å². The van der Waals surface area contributed by atoms with Gasteiger partial charge in [-0.1, -0.05) is 0 Å². The van der Waals surface area contributed by atoms with Gasteiger partial charge in [-0.25, -0.2) is 0 Å². The Balaban J connectivity index is 2.88. The maximum atomic E-state index is 8.55. The van der Waals surface area contributed by atoms with Crippen LogP contribution in [0.5, 0.6) is 5.75 Å². The van der Waals surface area contributed by atoms with Gasteiger partial charge in [0.25, 0.3) is 0 Å². The zero-order valence-electron chi connectivity index (χ0n) is 7.58. The van der Waals surface area contributed by atoms with Crippen LogP contribution in [0.1, 0.15) is 5.56 Å². The summed E-state index contributed by atoms with van der Waals surface area (Å²) < 4.78 is 5.17. The Morgan fingerprint density at radius 1 is 1.31 bits per heavy atom. The van der Waals surface area contributed by atoms with Crippen LogP contribution in [0.15, 0.2) is 12.1 Å². The number of anilines is 2. The summed E-state index contributed by atoms with van der Waals surface area (Å²) in [5.74, 6) is 0.525. The van der Waals surface area contributed by atoms with Crippen LogP contribution < -0.4 is 16.2 Å². The molecule has 1 aromatic carbocycles. The van der Waals surface area contributed by atoms with Crippen molar-refractivity contribution in [2.24, 2.45) is 0 Å². The smallest absolute Gasteiger partial charge is 0.144 e. The van der Waals surface area contributed by atoms with Gasteiger partial charge in [0.2, 0.25) is 0 Å². The highest BCUT2D eigenvalue weighted by atomic mass is 16.5. The summed E-state index contributed by atoms with van der Waals surface area (Å²) in [6.07, 6.45) is 0. The molecule has 0 amide bonds. The molecule has 0 aliphatic rings. The molecule has 72 valence electrons. The lowest BCUT2D eigenvalue weighted by atomic mass is 10.1. The molecule has 0 aliphatic heterocycles. The van der Waals surface area contributed by atoms with E-state index in [1.54, 1.807) is 12.1 Å². The van der Waals surface area contributed by atoms with Crippen molar-refractivity contribution in [2.45, 2.75) is 6.92 Å². The average molecular weight is 182 g/mol. The summed E-state index contributed by atoms with van der Waals surface area (Å²) >= 11 is 0. The maximum absolute atomic E-state index is 8.55. The zero-order chi connectivity index (χ0) is 9.84. The molecule has 0 aliphatic carbocycles. The van der Waals surface area contributed by atoms with Gasteiger partial charge in [0.1, 0.15) is 12.4 Å². The summed E-state index contributed by atoms with van der Waals surface area (Å²) in [4.78, 5) is 0. The third kappa shape index (κ3) is 2.26. The minimum atomic E-state index is -0.0345. The molecule has 13 heavy (non-hydrogen) atoms. The topological polar surface area (TPSA) is 81.5 Å². The minimum Gasteiger partial charge on any atom is -0.489 e. The van der Waals surface area contributed by atoms with Crippen molar-refractivity contribution in [1.29, 1.82) is 0 Å². The summed E-state index contributed by atoms with van der Waals surface area (Å²) in [6.45, 7) is 2.07. The van der Waals surface area contributed by atoms with Crippen molar-refractivity contribution < 1.29 is 9.84 Å². The van der Waals surface area contributed by atoms with E-state index in [2.05, 4.69) is 0 Å². The third-order valence-corrected chi connectivity index (χ3v) is 1.75. The molecule has 0 saturated heterocycles. The molecule has 0 fully saturated rings. The van der Waals surface area contributed by atoms with Crippen molar-refractivity contribution in [3.63, 3.8) is 0 Å². The molecule has 4 nitrogen and oxygen atoms in total. The second-order valence-electron chi connectivity index (χ2n) is 2.82. The SMILES string of the molecule is Cc1cc(N)c(OCCO)cc1N. The van der Waals surface area contributed by atoms with Crippen LogP contribution in [0.4, 0.5) is 11.4 Å². The predicted molar refractivity (Wildman–Crippen MR) is 52.6 cm³/mol. The molecule has 0 heterocycles. The molecule has 0 bridgehead atoms. The fourth-order valence-corrected chi connectivity index (χ4v) is 1.01. The quantitative estimate of drug-likeness (QED) is 0.595. The number of nitrogen functional groups attached to an aromatic ring is 2. The molecule has 0 radical (unpaired) electrons. The van der Waals surface area contributed by atoms with Crippen LogP contribution in [0, 0.1) is 6.92 Å². The fourth-order valence-electron chi connectivity index (χ4n) is 1.01. The standard InChI is InChI=1S/C9H14N2O2/c1-6-4-8(11)9(5-7(6)10)13-3-2-12/h4-5,12H,2-3,10-11H2,1H3. The van der Waals surface area contributed by atoms with Gasteiger partial charge in [-0.05, 0) is 18.6 Å². The van der Waals surface area contributed by atoms with Gasteiger partial charge in [-0.3, -0.25) is 0 Å². The van der Waals surface area contributed by atoms with E-state index in [1.165, 1.54) is 0 Å². The molecule has 1 rings (SSSR count). The molecule has 0 saturated carbocycles. The van der Waals surface area contributed by atoms with E-state index in [0.717, 1.165) is 5.56 Å². The number of hydrogen-bond acceptors (Lipinski definition) is 4. The van der Waals surface area contributed by atoms with E-state index < -0.39 is 0 Å². The second kappa shape index (κ2) is 4.00. The first-order chi connectivity index (χ1) is 6.15. The second-order valence-corrected chi connectivity index (χ2v) is 2.82. The van der Waals surface area contributed by atoms with E-state index in [0.29, 0.717) is 17.1 Å². The monoisotopic (exact) mass is 182 g/mol. The van der Waals surface area contributed by atoms with Gasteiger partial charge >= 0.3 is 0 Å². The lowest BCUT2D eigenvalue weighted by molar-refractivity contribution is 0.202. The number of aliphatic hydroxyl groups is 1. The number of ether oxygens (including phenoxy) is 1. The van der Waals surface area contributed by atoms with Crippen molar-refractivity contribution in [3.8, 4) is 5.75 Å². The molecular formula is C9H14N2O2. The van der Waals surface area contributed by atoms with E-state index in [4.69, 9.17) is 21.3 Å². The third-order valence-electron chi connectivity index (χ3n) is 1.75. The Hall–Kier alpha value is -1.42. The summed E-state index contributed by atoms with van der Waals surface area (Å²) in [5, 5.41) is 8.55. The molecule has 4 heteroatoms. The molecular weight excluding hydrogens is 168 g/mol. The average Bonchev–Trinajstić information content (AvgIpc) is 2.09. The van der Waals surface area contributed by atoms with Crippen LogP contribution in [0.3, 0.4) is 0 Å². The summed E-state index contributed by atoms with van der Waals surface area (Å²) in [7, 11) is 0. The number of nitrogens with two attached hydrogens (primary N) is 2. The Bertz CT molecular complexity index is 300. The molecule has 5 N–H and O–H groups in total. The first-order valence-electron chi connectivity index (χ1n) is 4.04. The normalized spacial score (nSPS) is 10.0. The highest BCUT2D eigenvalue weighted by molar-refractivity contribution is 5.63. The minimum absolute atomic E-state index is 0.0345. The van der Waals surface area contributed by atoms with Crippen molar-refractivity contribution >= 4 is 11.4 Å². The number of hydrogen-bond donors (Lipinski definition) is 3. The maximum Gasteiger partial charge on any atom is 0.144 e. The highest BCUT2D eigenvalue weighted by Crippen LogP contribution is 2.26. The van der Waals surface area contributed by atoms with Crippen LogP contribution in [0.25, 0.3) is 0 Å². The van der Waals surface area contributed by atoms with Gasteiger partial charge in [0.15, 0.2) is 0 Å². The van der Waals surface area contributed by atoms with Crippen LogP contribution in [0.2, 0.25) is 0 Å². The Kier molecular flexibility index (Phi) is 2.97. The van der Waals surface area contributed by atoms with Gasteiger partial charge < -0.3 is 21.3 Å². The number of aryl methyl sites for hydroxylation is 1. The van der Waals surface area contributed by atoms with E-state index in [9.17, 15) is 0 Å². The zero-order valence-corrected chi connectivity index (χ0v) is 7.58. The first-order valence-corrected chi connectivity index (χ1v) is 4.04. The van der Waals surface area contributed by atoms with Gasteiger partial charge in [0.05, 0.1) is 12.3 Å². The van der Waals surface area contributed by atoms with Gasteiger partial charge in [0, 0.05) is 11.8 Å². The first kappa shape index (κ1) is 9.67. The fraction of sp³-hybridized carbons (Fsp3) is 0.333. The predicted octanol–water partition coefficient (Wildman–Crippen LogP) is 0.531. The molecule has 0 unspecified atom stereocenters. The Labute approximate surface area is 77.1 Å². The Morgan fingerprint density at radius 3 is 2.62 bits per heavy atom. The van der Waals surface area contributed by atoms with E-state index in [-0.39, 0.29) is 13.2 Å². The lowest BCUT2D eigenvalue weighted by Gasteiger charge is -2.09. The van der Waals surface area contributed by atoms with E-state index in [1.807, 2.05) is 6.92 Å². The highest BCUT2D eigenvalue weighted by Gasteiger charge is 2.03. The van der Waals surface area contributed by atoms with Crippen molar-refractivity contribution in [1.82, 2.24) is 0 Å². The summed E-state index contributed by atoms with van der Waals surface area (Å²) in [5.41, 5.74) is 13.4. The molecule has 0 aromatic heterocycles. The number of aliphatic hydroxyl groups excluding tert-OH is 1. The lowest BCUT2D eigenvalue weighted by Crippen LogP contribution is -2.05. The molecule has 1 aromatic rings. The molecule has 0 spiro atoms. The molecule has 0 atom stereocenters. The van der Waals surface area contributed by atoms with E-state index >= 15 is 0 Å². The van der Waals surface area contributed by atoms with Crippen LogP contribution >= 0.6 is 0 Å². The van der Waals surface area contributed by atoms with Crippen LogP contribution in [-0.4, -0.2) is 18.3 Å². The largest absolute Gasteiger partial charge is 0.489 e. The van der Waals surface area contributed by atoms with Gasteiger partial charge in [-0.2, -0.15) is 0 Å².